The van der Waals surface area contributed by atoms with Crippen molar-refractivity contribution in [2.24, 2.45) is 5.41 Å². The molecule has 138 valence electrons. The summed E-state index contributed by atoms with van der Waals surface area (Å²) in [6.45, 7) is 5.96. The quantitative estimate of drug-likeness (QED) is 0.492. The molecule has 0 radical (unpaired) electrons. The molecule has 0 atom stereocenters. The molecule has 0 aromatic heterocycles. The number of carbonyl (C=O) groups excluding carboxylic acids is 3. The summed E-state index contributed by atoms with van der Waals surface area (Å²) in [6, 6.07) is 6.79. The van der Waals surface area contributed by atoms with Crippen LogP contribution >= 0.6 is 0 Å². The van der Waals surface area contributed by atoms with Crippen molar-refractivity contribution in [2.45, 2.75) is 27.2 Å². The molecule has 0 saturated heterocycles. The lowest BCUT2D eigenvalue weighted by molar-refractivity contribution is -0.138. The molecule has 25 heavy (non-hydrogen) atoms. The van der Waals surface area contributed by atoms with Crippen molar-refractivity contribution in [1.29, 1.82) is 0 Å². The summed E-state index contributed by atoms with van der Waals surface area (Å²) in [6.07, 6.45) is 0.815. The molecular formula is C18H28N4O3. The second-order valence-corrected chi connectivity index (χ2v) is 6.75. The van der Waals surface area contributed by atoms with Crippen LogP contribution in [0, 0.1) is 5.41 Å². The Labute approximate surface area is 149 Å². The van der Waals surface area contributed by atoms with Gasteiger partial charge in [0.05, 0.1) is 0 Å². The fraction of sp³-hybridized carbons (Fsp3) is 0.500. The van der Waals surface area contributed by atoms with Crippen molar-refractivity contribution in [2.75, 3.05) is 37.8 Å². The van der Waals surface area contributed by atoms with Crippen LogP contribution < -0.4 is 16.0 Å². The number of nitrogens with one attached hydrogen (secondary N) is 3. The van der Waals surface area contributed by atoms with Crippen molar-refractivity contribution >= 4 is 29.1 Å². The van der Waals surface area contributed by atoms with E-state index in [9.17, 15) is 14.4 Å². The lowest BCUT2D eigenvalue weighted by Crippen LogP contribution is -2.45. The van der Waals surface area contributed by atoms with Gasteiger partial charge in [-0.25, -0.2) is 0 Å². The van der Waals surface area contributed by atoms with Crippen LogP contribution in [0.3, 0.4) is 0 Å². The molecule has 0 unspecified atom stereocenters. The highest BCUT2D eigenvalue weighted by Crippen LogP contribution is 2.21. The molecule has 3 amide bonds. The zero-order valence-electron chi connectivity index (χ0n) is 15.6. The van der Waals surface area contributed by atoms with Crippen LogP contribution in [0.15, 0.2) is 24.3 Å². The van der Waals surface area contributed by atoms with Crippen LogP contribution in [-0.4, -0.2) is 49.8 Å². The third kappa shape index (κ3) is 6.93. The molecule has 7 nitrogen and oxygen atoms in total. The van der Waals surface area contributed by atoms with Gasteiger partial charge in [-0.3, -0.25) is 14.4 Å². The van der Waals surface area contributed by atoms with Crippen molar-refractivity contribution in [3.05, 3.63) is 24.3 Å². The number of amides is 3. The first-order valence-electron chi connectivity index (χ1n) is 8.25. The Morgan fingerprint density at radius 1 is 1.04 bits per heavy atom. The van der Waals surface area contributed by atoms with Crippen LogP contribution in [0.4, 0.5) is 11.4 Å². The summed E-state index contributed by atoms with van der Waals surface area (Å²) in [5.74, 6) is -0.916. The minimum Gasteiger partial charge on any atom is -0.355 e. The highest BCUT2D eigenvalue weighted by atomic mass is 16.2. The fourth-order valence-corrected chi connectivity index (χ4v) is 2.09. The Kier molecular flexibility index (Phi) is 7.57. The van der Waals surface area contributed by atoms with Gasteiger partial charge in [-0.05, 0) is 59.1 Å². The molecule has 1 aromatic carbocycles. The van der Waals surface area contributed by atoms with E-state index in [0.29, 0.717) is 17.9 Å². The normalized spacial score (nSPS) is 11.1. The number of rotatable bonds is 8. The molecule has 0 aliphatic carbocycles. The monoisotopic (exact) mass is 348 g/mol. The van der Waals surface area contributed by atoms with Gasteiger partial charge in [-0.1, -0.05) is 6.07 Å². The van der Waals surface area contributed by atoms with Gasteiger partial charge < -0.3 is 20.9 Å². The Morgan fingerprint density at radius 3 is 2.20 bits per heavy atom. The maximum absolute atomic E-state index is 12.5. The predicted molar refractivity (Wildman–Crippen MR) is 99.3 cm³/mol. The molecule has 0 saturated carbocycles. The molecule has 1 aromatic rings. The topological polar surface area (TPSA) is 90.5 Å². The van der Waals surface area contributed by atoms with Crippen molar-refractivity contribution in [3.8, 4) is 0 Å². The summed E-state index contributed by atoms with van der Waals surface area (Å²) in [7, 11) is 3.93. The molecule has 0 fully saturated rings. The van der Waals surface area contributed by atoms with Crippen molar-refractivity contribution in [1.82, 2.24) is 10.2 Å². The van der Waals surface area contributed by atoms with Gasteiger partial charge in [0.2, 0.25) is 17.7 Å². The van der Waals surface area contributed by atoms with Gasteiger partial charge in [0, 0.05) is 24.8 Å². The van der Waals surface area contributed by atoms with Crippen molar-refractivity contribution in [3.63, 3.8) is 0 Å². The number of hydrogen-bond donors (Lipinski definition) is 3. The van der Waals surface area contributed by atoms with Crippen LogP contribution in [0.25, 0.3) is 0 Å². The van der Waals surface area contributed by atoms with E-state index in [1.165, 1.54) is 6.92 Å². The van der Waals surface area contributed by atoms with E-state index in [1.54, 1.807) is 38.1 Å². The molecule has 0 spiro atoms. The molecular weight excluding hydrogens is 320 g/mol. The van der Waals surface area contributed by atoms with E-state index in [0.717, 1.165) is 13.0 Å². The molecule has 1 rings (SSSR count). The maximum atomic E-state index is 12.5. The Bertz CT molecular complexity index is 627. The molecule has 7 heteroatoms. The average molecular weight is 348 g/mol. The third-order valence-electron chi connectivity index (χ3n) is 3.64. The number of nitrogens with zero attached hydrogens (tertiary/aromatic N) is 1. The second kappa shape index (κ2) is 9.17. The Morgan fingerprint density at radius 2 is 1.64 bits per heavy atom. The number of benzene rings is 1. The van der Waals surface area contributed by atoms with Crippen LogP contribution in [0.1, 0.15) is 27.2 Å². The van der Waals surface area contributed by atoms with Crippen LogP contribution in [0.5, 0.6) is 0 Å². The van der Waals surface area contributed by atoms with E-state index in [2.05, 4.69) is 16.0 Å². The van der Waals surface area contributed by atoms with Gasteiger partial charge in [0.15, 0.2) is 0 Å². The molecule has 0 aliphatic rings. The molecule has 0 heterocycles. The minimum absolute atomic E-state index is 0.194. The van der Waals surface area contributed by atoms with E-state index in [4.69, 9.17) is 0 Å². The minimum atomic E-state index is -1.21. The second-order valence-electron chi connectivity index (χ2n) is 6.75. The van der Waals surface area contributed by atoms with Gasteiger partial charge in [0.25, 0.3) is 0 Å². The van der Waals surface area contributed by atoms with E-state index >= 15 is 0 Å². The first kappa shape index (κ1) is 20.6. The van der Waals surface area contributed by atoms with Gasteiger partial charge in [0.1, 0.15) is 5.41 Å². The van der Waals surface area contributed by atoms with Crippen LogP contribution in [-0.2, 0) is 14.4 Å². The van der Waals surface area contributed by atoms with Gasteiger partial charge in [-0.2, -0.15) is 0 Å². The van der Waals surface area contributed by atoms with Gasteiger partial charge in [-0.15, -0.1) is 0 Å². The smallest absolute Gasteiger partial charge is 0.239 e. The summed E-state index contributed by atoms with van der Waals surface area (Å²) >= 11 is 0. The predicted octanol–water partition coefficient (Wildman–Crippen LogP) is 1.68. The zero-order valence-corrected chi connectivity index (χ0v) is 15.6. The van der Waals surface area contributed by atoms with E-state index < -0.39 is 11.3 Å². The first-order valence-corrected chi connectivity index (χ1v) is 8.25. The largest absolute Gasteiger partial charge is 0.355 e. The fourth-order valence-electron chi connectivity index (χ4n) is 2.09. The zero-order chi connectivity index (χ0) is 19.0. The van der Waals surface area contributed by atoms with E-state index in [-0.39, 0.29) is 11.8 Å². The van der Waals surface area contributed by atoms with Crippen molar-refractivity contribution < 1.29 is 14.4 Å². The lowest BCUT2D eigenvalue weighted by atomic mass is 9.91. The summed E-state index contributed by atoms with van der Waals surface area (Å²) < 4.78 is 0. The lowest BCUT2D eigenvalue weighted by Gasteiger charge is -2.23. The Hall–Kier alpha value is -2.41. The van der Waals surface area contributed by atoms with Crippen LogP contribution in [0.2, 0.25) is 0 Å². The standard InChI is InChI=1S/C18H28N4O3/c1-13(23)20-14-8-6-9-15(12-14)21-17(25)18(2,3)16(24)19-10-7-11-22(4)5/h6,8-9,12H,7,10-11H2,1-5H3,(H,19,24)(H,20,23)(H,21,25). The third-order valence-corrected chi connectivity index (χ3v) is 3.64. The summed E-state index contributed by atoms with van der Waals surface area (Å²) in [5, 5.41) is 8.17. The highest BCUT2D eigenvalue weighted by Gasteiger charge is 2.35. The number of anilines is 2. The highest BCUT2D eigenvalue weighted by molar-refractivity contribution is 6.10. The molecule has 0 bridgehead atoms. The summed E-state index contributed by atoms with van der Waals surface area (Å²) in [5.41, 5.74) is -0.108. The molecule has 0 aliphatic heterocycles. The van der Waals surface area contributed by atoms with Gasteiger partial charge >= 0.3 is 0 Å². The Balaban J connectivity index is 2.64. The first-order chi connectivity index (χ1) is 11.6. The number of carbonyl (C=O) groups is 3. The number of hydrogen-bond acceptors (Lipinski definition) is 4. The molecule has 3 N–H and O–H groups in total. The SMILES string of the molecule is CC(=O)Nc1cccc(NC(=O)C(C)(C)C(=O)NCCCN(C)C)c1. The van der Waals surface area contributed by atoms with E-state index in [1.807, 2.05) is 19.0 Å². The summed E-state index contributed by atoms with van der Waals surface area (Å²) in [4.78, 5) is 37.9. The average Bonchev–Trinajstić information content (AvgIpc) is 2.50. The maximum Gasteiger partial charge on any atom is 0.239 e.